The predicted molar refractivity (Wildman–Crippen MR) is 115 cm³/mol. The first-order chi connectivity index (χ1) is 14.0. The average Bonchev–Trinajstić information content (AvgIpc) is 3.42. The van der Waals surface area contributed by atoms with Crippen molar-refractivity contribution < 1.29 is 14.3 Å². The Morgan fingerprint density at radius 1 is 1.14 bits per heavy atom. The van der Waals surface area contributed by atoms with Crippen LogP contribution in [0.5, 0.6) is 11.5 Å². The minimum atomic E-state index is -0.279. The minimum absolute atomic E-state index is 0.182. The molecule has 0 radical (unpaired) electrons. The minimum Gasteiger partial charge on any atom is -0.497 e. The second-order valence-electron chi connectivity index (χ2n) is 6.20. The Balaban J connectivity index is 1.53. The second-order valence-corrected chi connectivity index (χ2v) is 8.24. The zero-order valence-electron chi connectivity index (χ0n) is 16.1. The molecule has 29 heavy (non-hydrogen) atoms. The molecule has 4 rings (SSSR count). The molecule has 0 aliphatic rings. The van der Waals surface area contributed by atoms with Gasteiger partial charge in [-0.25, -0.2) is 4.98 Å². The van der Waals surface area contributed by atoms with Crippen molar-refractivity contribution in [3.8, 4) is 22.9 Å². The molecule has 4 aromatic rings. The first-order valence-corrected chi connectivity index (χ1v) is 10.2. The van der Waals surface area contributed by atoms with Crippen LogP contribution in [0.25, 0.3) is 20.9 Å². The monoisotopic (exact) mass is 430 g/mol. The molecule has 150 valence electrons. The van der Waals surface area contributed by atoms with Crippen LogP contribution in [0.3, 0.4) is 0 Å². The van der Waals surface area contributed by atoms with Gasteiger partial charge in [-0.15, -0.1) is 16.4 Å². The number of aromatic nitrogens is 4. The van der Waals surface area contributed by atoms with Crippen molar-refractivity contribution in [1.29, 1.82) is 0 Å². The van der Waals surface area contributed by atoms with E-state index in [0.29, 0.717) is 27.8 Å². The number of benzene rings is 1. The number of nitrogens with one attached hydrogen (secondary N) is 2. The highest BCUT2D eigenvalue weighted by Gasteiger charge is 2.17. The Bertz CT molecular complexity index is 1150. The lowest BCUT2D eigenvalue weighted by atomic mass is 10.2. The van der Waals surface area contributed by atoms with Crippen molar-refractivity contribution in [2.45, 2.75) is 0 Å². The van der Waals surface area contributed by atoms with E-state index in [0.717, 1.165) is 14.7 Å². The Kier molecular flexibility index (Phi) is 5.07. The highest BCUT2D eigenvalue weighted by atomic mass is 32.1. The number of H-pyrrole nitrogens is 1. The molecule has 0 spiro atoms. The molecule has 3 heterocycles. The van der Waals surface area contributed by atoms with Crippen molar-refractivity contribution in [1.82, 2.24) is 20.2 Å². The van der Waals surface area contributed by atoms with Crippen LogP contribution < -0.4 is 19.7 Å². The van der Waals surface area contributed by atoms with Gasteiger partial charge < -0.3 is 14.4 Å². The normalized spacial score (nSPS) is 10.9. The highest BCUT2D eigenvalue weighted by molar-refractivity contribution is 7.29. The summed E-state index contributed by atoms with van der Waals surface area (Å²) < 4.78 is 11.6. The number of ether oxygens (including phenoxy) is 2. The molecular weight excluding hydrogens is 412 g/mol. The van der Waals surface area contributed by atoms with E-state index in [-0.39, 0.29) is 11.9 Å². The van der Waals surface area contributed by atoms with Gasteiger partial charge >= 0.3 is 0 Å². The van der Waals surface area contributed by atoms with Crippen LogP contribution in [-0.4, -0.2) is 54.4 Å². The number of amides is 1. The number of nitrogens with zero attached hydrogens (tertiary/aromatic N) is 4. The van der Waals surface area contributed by atoms with E-state index in [1.807, 2.05) is 31.1 Å². The summed E-state index contributed by atoms with van der Waals surface area (Å²) >= 11 is 2.88. The lowest BCUT2D eigenvalue weighted by Crippen LogP contribution is -2.11. The summed E-state index contributed by atoms with van der Waals surface area (Å²) in [5, 5.41) is 10.5. The number of thiazole rings is 1. The van der Waals surface area contributed by atoms with E-state index in [2.05, 4.69) is 25.5 Å². The fourth-order valence-corrected chi connectivity index (χ4v) is 4.65. The van der Waals surface area contributed by atoms with Crippen LogP contribution in [0.15, 0.2) is 24.3 Å². The lowest BCUT2D eigenvalue weighted by Gasteiger charge is -2.07. The molecule has 3 aromatic heterocycles. The van der Waals surface area contributed by atoms with E-state index >= 15 is 0 Å². The van der Waals surface area contributed by atoms with Crippen LogP contribution in [0.4, 0.5) is 11.1 Å². The molecule has 2 N–H and O–H groups in total. The Hall–Kier alpha value is -3.18. The number of aromatic amines is 1. The van der Waals surface area contributed by atoms with Crippen LogP contribution >= 0.6 is 22.7 Å². The van der Waals surface area contributed by atoms with Crippen LogP contribution in [0.2, 0.25) is 0 Å². The number of anilines is 2. The molecule has 11 heteroatoms. The zero-order chi connectivity index (χ0) is 20.5. The molecule has 0 aliphatic heterocycles. The largest absolute Gasteiger partial charge is 0.497 e. The maximum Gasteiger partial charge on any atom is 0.268 e. The molecule has 9 nitrogen and oxygen atoms in total. The van der Waals surface area contributed by atoms with E-state index in [1.165, 1.54) is 11.3 Å². The third kappa shape index (κ3) is 3.74. The molecule has 0 saturated heterocycles. The Labute approximate surface area is 174 Å². The maximum absolute atomic E-state index is 12.6. The molecular formula is C18H18N6O3S2. The lowest BCUT2D eigenvalue weighted by molar-refractivity contribution is 0.103. The van der Waals surface area contributed by atoms with Crippen molar-refractivity contribution in [2.75, 3.05) is 38.5 Å². The Morgan fingerprint density at radius 2 is 1.97 bits per heavy atom. The highest BCUT2D eigenvalue weighted by Crippen LogP contribution is 2.34. The average molecular weight is 431 g/mol. The number of hydrogen-bond donors (Lipinski definition) is 2. The number of thiophene rings is 1. The van der Waals surface area contributed by atoms with Gasteiger partial charge in [0.05, 0.1) is 29.4 Å². The summed E-state index contributed by atoms with van der Waals surface area (Å²) in [7, 11) is 7.03. The molecule has 0 saturated carbocycles. The smallest absolute Gasteiger partial charge is 0.268 e. The van der Waals surface area contributed by atoms with Gasteiger partial charge in [0.25, 0.3) is 5.91 Å². The van der Waals surface area contributed by atoms with E-state index in [9.17, 15) is 4.79 Å². The third-order valence-electron chi connectivity index (χ3n) is 4.06. The first-order valence-electron chi connectivity index (χ1n) is 8.52. The molecule has 0 bridgehead atoms. The maximum atomic E-state index is 12.6. The molecule has 0 atom stereocenters. The number of methoxy groups -OCH3 is 2. The number of carbonyl (C=O) groups is 1. The van der Waals surface area contributed by atoms with Crippen LogP contribution in [0, 0.1) is 0 Å². The van der Waals surface area contributed by atoms with Crippen LogP contribution in [-0.2, 0) is 0 Å². The fourth-order valence-electron chi connectivity index (χ4n) is 2.62. The third-order valence-corrected chi connectivity index (χ3v) is 6.39. The van der Waals surface area contributed by atoms with Gasteiger partial charge in [-0.3, -0.25) is 15.2 Å². The second kappa shape index (κ2) is 7.68. The van der Waals surface area contributed by atoms with Gasteiger partial charge in [0, 0.05) is 20.2 Å². The molecule has 1 amide bonds. The number of rotatable bonds is 6. The van der Waals surface area contributed by atoms with Gasteiger partial charge in [-0.1, -0.05) is 11.3 Å². The van der Waals surface area contributed by atoms with Crippen molar-refractivity contribution in [3.05, 3.63) is 29.1 Å². The Morgan fingerprint density at radius 3 is 2.66 bits per heavy atom. The summed E-state index contributed by atoms with van der Waals surface area (Å²) in [6.07, 6.45) is 0. The van der Waals surface area contributed by atoms with Crippen molar-refractivity contribution in [3.63, 3.8) is 0 Å². The number of hydrogen-bond acceptors (Lipinski definition) is 9. The summed E-state index contributed by atoms with van der Waals surface area (Å²) in [6, 6.07) is 7.20. The summed E-state index contributed by atoms with van der Waals surface area (Å²) in [6.45, 7) is 0. The molecule has 0 aliphatic carbocycles. The van der Waals surface area contributed by atoms with Gasteiger partial charge in [0.1, 0.15) is 16.3 Å². The number of fused-ring (bicyclic) bond motifs is 1. The van der Waals surface area contributed by atoms with E-state index in [1.54, 1.807) is 37.7 Å². The fraction of sp³-hybridized carbons (Fsp3) is 0.222. The van der Waals surface area contributed by atoms with Gasteiger partial charge in [-0.05, 0) is 18.2 Å². The predicted octanol–water partition coefficient (Wildman–Crippen LogP) is 3.48. The van der Waals surface area contributed by atoms with Gasteiger partial charge in [0.15, 0.2) is 11.0 Å². The molecule has 0 unspecified atom stereocenters. The SMILES string of the molecule is COc1ccc(-c2nc(NC(=O)c3cc4sc(N(C)C)nc4s3)n[nH]2)c(OC)c1. The van der Waals surface area contributed by atoms with E-state index in [4.69, 9.17) is 9.47 Å². The van der Waals surface area contributed by atoms with E-state index < -0.39 is 0 Å². The number of carbonyl (C=O) groups excluding carboxylic acids is 1. The van der Waals surface area contributed by atoms with Crippen LogP contribution in [0.1, 0.15) is 9.67 Å². The van der Waals surface area contributed by atoms with Gasteiger partial charge in [-0.2, -0.15) is 4.98 Å². The topological polar surface area (TPSA) is 105 Å². The summed E-state index contributed by atoms with van der Waals surface area (Å²) in [5.74, 6) is 1.63. The standard InChI is InChI=1S/C18H18N6O3S2/c1-24(2)18-21-16-13(29-18)8-12(28-16)15(25)20-17-19-14(22-23-17)10-6-5-9(26-3)7-11(10)27-4/h5-8H,1-4H3,(H2,19,20,22,23,25). The first kappa shape index (κ1) is 19.2. The van der Waals surface area contributed by atoms with Gasteiger partial charge in [0.2, 0.25) is 5.95 Å². The zero-order valence-corrected chi connectivity index (χ0v) is 17.8. The molecule has 0 fully saturated rings. The van der Waals surface area contributed by atoms with Crippen molar-refractivity contribution in [2.24, 2.45) is 0 Å². The quantitative estimate of drug-likeness (QED) is 0.482. The van der Waals surface area contributed by atoms with Crippen molar-refractivity contribution >= 4 is 49.2 Å². The summed E-state index contributed by atoms with van der Waals surface area (Å²) in [5.41, 5.74) is 0.707. The molecule has 1 aromatic carbocycles. The summed E-state index contributed by atoms with van der Waals surface area (Å²) in [4.78, 5) is 24.8.